The number of benzene rings is 2. The highest BCUT2D eigenvalue weighted by Gasteiger charge is 2.13. The number of nitrogens with one attached hydrogen (secondary N) is 2. The number of hydrogen-bond acceptors (Lipinski definition) is 4. The minimum absolute atomic E-state index is 0.113. The van der Waals surface area contributed by atoms with E-state index in [4.69, 9.17) is 23.2 Å². The molecule has 1 amide bonds. The number of rotatable bonds is 4. The number of halogens is 3. The van der Waals surface area contributed by atoms with Gasteiger partial charge in [0.25, 0.3) is 5.91 Å². The number of aromatic nitrogens is 2. The van der Waals surface area contributed by atoms with E-state index in [2.05, 4.69) is 20.6 Å². The van der Waals surface area contributed by atoms with Crippen molar-refractivity contribution in [1.82, 2.24) is 9.97 Å². The van der Waals surface area contributed by atoms with Gasteiger partial charge in [-0.15, -0.1) is 0 Å². The number of amides is 1. The number of para-hydroxylation sites is 1. The number of hydrogen-bond donors (Lipinski definition) is 2. The number of carbonyl (C=O) groups is 1. The Morgan fingerprint density at radius 3 is 2.54 bits per heavy atom. The third-order valence-corrected chi connectivity index (χ3v) is 3.93. The molecule has 3 rings (SSSR count). The van der Waals surface area contributed by atoms with Gasteiger partial charge < -0.3 is 10.6 Å². The van der Waals surface area contributed by atoms with Gasteiger partial charge in [-0.05, 0) is 43.3 Å². The molecular weight excluding hydrogens is 378 g/mol. The molecule has 2 N–H and O–H groups in total. The van der Waals surface area contributed by atoms with E-state index in [-0.39, 0.29) is 17.3 Å². The SMILES string of the molecule is Cc1cc(C(=O)Nc2ccc(Cl)cc2Cl)nc(Nc2ccccc2F)n1. The van der Waals surface area contributed by atoms with E-state index in [1.54, 1.807) is 37.3 Å². The zero-order valence-electron chi connectivity index (χ0n) is 13.6. The second-order valence-electron chi connectivity index (χ2n) is 5.40. The van der Waals surface area contributed by atoms with Crippen LogP contribution in [-0.2, 0) is 0 Å². The molecule has 0 aliphatic heterocycles. The molecule has 26 heavy (non-hydrogen) atoms. The maximum atomic E-state index is 13.8. The number of nitrogens with zero attached hydrogens (tertiary/aromatic N) is 2. The van der Waals surface area contributed by atoms with Gasteiger partial charge >= 0.3 is 0 Å². The summed E-state index contributed by atoms with van der Waals surface area (Å²) in [5.74, 6) is -0.810. The van der Waals surface area contributed by atoms with Crippen molar-refractivity contribution < 1.29 is 9.18 Å². The Morgan fingerprint density at radius 1 is 1.04 bits per heavy atom. The third kappa shape index (κ3) is 4.28. The quantitative estimate of drug-likeness (QED) is 0.640. The summed E-state index contributed by atoms with van der Waals surface area (Å²) in [4.78, 5) is 20.8. The van der Waals surface area contributed by atoms with Gasteiger partial charge in [0, 0.05) is 10.7 Å². The summed E-state index contributed by atoms with van der Waals surface area (Å²) in [7, 11) is 0. The predicted molar refractivity (Wildman–Crippen MR) is 101 cm³/mol. The van der Waals surface area contributed by atoms with E-state index in [9.17, 15) is 9.18 Å². The molecule has 0 saturated carbocycles. The van der Waals surface area contributed by atoms with E-state index >= 15 is 0 Å². The van der Waals surface area contributed by atoms with Crippen LogP contribution in [0.3, 0.4) is 0 Å². The molecule has 1 aromatic heterocycles. The highest BCUT2D eigenvalue weighted by atomic mass is 35.5. The molecule has 0 saturated heterocycles. The van der Waals surface area contributed by atoms with E-state index in [0.29, 0.717) is 21.4 Å². The van der Waals surface area contributed by atoms with Crippen LogP contribution >= 0.6 is 23.2 Å². The van der Waals surface area contributed by atoms with E-state index in [1.807, 2.05) is 0 Å². The number of anilines is 3. The minimum Gasteiger partial charge on any atom is -0.322 e. The normalized spacial score (nSPS) is 10.5. The molecule has 0 radical (unpaired) electrons. The van der Waals surface area contributed by atoms with Crippen LogP contribution < -0.4 is 10.6 Å². The molecule has 0 fully saturated rings. The zero-order chi connectivity index (χ0) is 18.7. The van der Waals surface area contributed by atoms with Crippen LogP contribution in [0.5, 0.6) is 0 Å². The maximum absolute atomic E-state index is 13.8. The Hall–Kier alpha value is -2.70. The molecule has 5 nitrogen and oxygen atoms in total. The maximum Gasteiger partial charge on any atom is 0.274 e. The molecule has 3 aromatic rings. The fourth-order valence-corrected chi connectivity index (χ4v) is 2.66. The molecule has 0 unspecified atom stereocenters. The second kappa shape index (κ2) is 7.68. The summed E-state index contributed by atoms with van der Waals surface area (Å²) in [6.45, 7) is 1.71. The first-order valence-corrected chi connectivity index (χ1v) is 8.31. The van der Waals surface area contributed by atoms with Gasteiger partial charge in [-0.1, -0.05) is 35.3 Å². The summed E-state index contributed by atoms with van der Waals surface area (Å²) >= 11 is 11.9. The summed E-state index contributed by atoms with van der Waals surface area (Å²) in [5.41, 5.74) is 1.28. The number of aryl methyl sites for hydroxylation is 1. The molecule has 132 valence electrons. The first-order chi connectivity index (χ1) is 12.4. The summed E-state index contributed by atoms with van der Waals surface area (Å²) in [5, 5.41) is 6.20. The van der Waals surface area contributed by atoms with Gasteiger partial charge in [0.1, 0.15) is 11.5 Å². The molecule has 0 bridgehead atoms. The Balaban J connectivity index is 1.85. The Labute approximate surface area is 159 Å². The van der Waals surface area contributed by atoms with Gasteiger partial charge in [-0.25, -0.2) is 14.4 Å². The van der Waals surface area contributed by atoms with Crippen molar-refractivity contribution in [1.29, 1.82) is 0 Å². The van der Waals surface area contributed by atoms with Crippen LogP contribution in [-0.4, -0.2) is 15.9 Å². The lowest BCUT2D eigenvalue weighted by molar-refractivity contribution is 0.102. The van der Waals surface area contributed by atoms with Gasteiger partial charge in [0.15, 0.2) is 0 Å². The molecule has 2 aromatic carbocycles. The van der Waals surface area contributed by atoms with Crippen LogP contribution in [0.4, 0.5) is 21.7 Å². The molecule has 1 heterocycles. The molecule has 0 aliphatic carbocycles. The van der Waals surface area contributed by atoms with Gasteiger partial charge in [0.2, 0.25) is 5.95 Å². The number of carbonyl (C=O) groups excluding carboxylic acids is 1. The van der Waals surface area contributed by atoms with Crippen molar-refractivity contribution in [2.24, 2.45) is 0 Å². The van der Waals surface area contributed by atoms with Gasteiger partial charge in [-0.3, -0.25) is 4.79 Å². The largest absolute Gasteiger partial charge is 0.322 e. The highest BCUT2D eigenvalue weighted by molar-refractivity contribution is 6.36. The van der Waals surface area contributed by atoms with Crippen molar-refractivity contribution in [2.45, 2.75) is 6.92 Å². The van der Waals surface area contributed by atoms with Crippen molar-refractivity contribution in [3.05, 3.63) is 75.8 Å². The lowest BCUT2D eigenvalue weighted by Gasteiger charge is -2.10. The smallest absolute Gasteiger partial charge is 0.274 e. The van der Waals surface area contributed by atoms with Gasteiger partial charge in [0.05, 0.1) is 16.4 Å². The van der Waals surface area contributed by atoms with Crippen molar-refractivity contribution in [3.8, 4) is 0 Å². The monoisotopic (exact) mass is 390 g/mol. The van der Waals surface area contributed by atoms with Crippen molar-refractivity contribution in [3.63, 3.8) is 0 Å². The average Bonchev–Trinajstić information content (AvgIpc) is 2.59. The molecule has 0 atom stereocenters. The third-order valence-electron chi connectivity index (χ3n) is 3.39. The Bertz CT molecular complexity index is 981. The summed E-state index contributed by atoms with van der Waals surface area (Å²) in [6.07, 6.45) is 0. The fourth-order valence-electron chi connectivity index (χ4n) is 2.20. The first-order valence-electron chi connectivity index (χ1n) is 7.56. The van der Waals surface area contributed by atoms with Crippen LogP contribution in [0.1, 0.15) is 16.2 Å². The summed E-state index contributed by atoms with van der Waals surface area (Å²) in [6, 6.07) is 12.4. The standard InChI is InChI=1S/C18H13Cl2FN4O/c1-10-8-16(17(26)23-14-7-6-11(19)9-12(14)20)25-18(22-10)24-15-5-3-2-4-13(15)21/h2-9H,1H3,(H,23,26)(H,22,24,25). The van der Waals surface area contributed by atoms with Crippen molar-refractivity contribution in [2.75, 3.05) is 10.6 Å². The van der Waals surface area contributed by atoms with E-state index in [0.717, 1.165) is 0 Å². The van der Waals surface area contributed by atoms with Crippen LogP contribution in [0.25, 0.3) is 0 Å². The minimum atomic E-state index is -0.476. The molecule has 0 spiro atoms. The zero-order valence-corrected chi connectivity index (χ0v) is 15.1. The lowest BCUT2D eigenvalue weighted by Crippen LogP contribution is -2.16. The topological polar surface area (TPSA) is 66.9 Å². The Kier molecular flexibility index (Phi) is 5.35. The second-order valence-corrected chi connectivity index (χ2v) is 6.24. The van der Waals surface area contributed by atoms with Crippen LogP contribution in [0.15, 0.2) is 48.5 Å². The van der Waals surface area contributed by atoms with E-state index < -0.39 is 11.7 Å². The predicted octanol–water partition coefficient (Wildman–Crippen LogP) is 5.23. The van der Waals surface area contributed by atoms with Crippen LogP contribution in [0.2, 0.25) is 10.0 Å². The van der Waals surface area contributed by atoms with Crippen molar-refractivity contribution >= 4 is 46.4 Å². The van der Waals surface area contributed by atoms with Gasteiger partial charge in [-0.2, -0.15) is 0 Å². The molecule has 0 aliphatic rings. The highest BCUT2D eigenvalue weighted by Crippen LogP contribution is 2.26. The lowest BCUT2D eigenvalue weighted by atomic mass is 10.2. The Morgan fingerprint density at radius 2 is 1.81 bits per heavy atom. The van der Waals surface area contributed by atoms with E-state index in [1.165, 1.54) is 18.2 Å². The first kappa shape index (κ1) is 18.1. The summed E-state index contributed by atoms with van der Waals surface area (Å²) < 4.78 is 13.8. The fraction of sp³-hybridized carbons (Fsp3) is 0.0556. The van der Waals surface area contributed by atoms with Crippen LogP contribution in [0, 0.1) is 12.7 Å². The molecule has 8 heteroatoms. The molecular formula is C18H13Cl2FN4O. The average molecular weight is 391 g/mol.